The fourth-order valence-electron chi connectivity index (χ4n) is 2.62. The van der Waals surface area contributed by atoms with E-state index in [9.17, 15) is 4.79 Å². The number of nitrogens with zero attached hydrogens (tertiary/aromatic N) is 2. The summed E-state index contributed by atoms with van der Waals surface area (Å²) >= 11 is 0. The van der Waals surface area contributed by atoms with Crippen LogP contribution in [0.4, 0.5) is 0 Å². The van der Waals surface area contributed by atoms with E-state index in [1.165, 1.54) is 25.7 Å². The lowest BCUT2D eigenvalue weighted by Crippen LogP contribution is -2.45. The van der Waals surface area contributed by atoms with Crippen molar-refractivity contribution in [3.05, 3.63) is 0 Å². The minimum atomic E-state index is -0.668. The van der Waals surface area contributed by atoms with Crippen LogP contribution in [0, 0.1) is 0 Å². The van der Waals surface area contributed by atoms with Gasteiger partial charge < -0.3 is 10.0 Å². The molecule has 1 saturated carbocycles. The van der Waals surface area contributed by atoms with Crippen molar-refractivity contribution in [3.63, 3.8) is 0 Å². The average molecular weight is 226 g/mol. The van der Waals surface area contributed by atoms with E-state index in [-0.39, 0.29) is 0 Å². The van der Waals surface area contributed by atoms with Gasteiger partial charge in [-0.05, 0) is 45.8 Å². The van der Waals surface area contributed by atoms with E-state index in [4.69, 9.17) is 5.11 Å². The van der Waals surface area contributed by atoms with E-state index in [0.29, 0.717) is 18.5 Å². The van der Waals surface area contributed by atoms with Crippen LogP contribution in [-0.4, -0.2) is 59.6 Å². The summed E-state index contributed by atoms with van der Waals surface area (Å²) in [5, 5.41) is 8.77. The molecule has 2 fully saturated rings. The number of carbonyl (C=O) groups is 1. The van der Waals surface area contributed by atoms with Crippen LogP contribution in [-0.2, 0) is 4.79 Å². The van der Waals surface area contributed by atoms with Crippen LogP contribution in [0.3, 0.4) is 0 Å². The zero-order valence-electron chi connectivity index (χ0n) is 10.1. The first-order valence-electron chi connectivity index (χ1n) is 6.33. The number of rotatable bonds is 5. The molecule has 1 saturated heterocycles. The lowest BCUT2D eigenvalue weighted by atomic mass is 10.0. The first-order chi connectivity index (χ1) is 7.66. The van der Waals surface area contributed by atoms with Crippen molar-refractivity contribution in [2.75, 3.05) is 26.7 Å². The fourth-order valence-corrected chi connectivity index (χ4v) is 2.62. The molecule has 1 aliphatic heterocycles. The molecular weight excluding hydrogens is 204 g/mol. The third-order valence-electron chi connectivity index (χ3n) is 3.76. The molecule has 0 atom stereocenters. The SMILES string of the molecule is CN1CCC(N(CCC(=O)O)C2CC2)CC1. The van der Waals surface area contributed by atoms with Crippen LogP contribution < -0.4 is 0 Å². The van der Waals surface area contributed by atoms with E-state index < -0.39 is 5.97 Å². The molecule has 4 nitrogen and oxygen atoms in total. The molecule has 1 aliphatic carbocycles. The van der Waals surface area contributed by atoms with Gasteiger partial charge in [-0.1, -0.05) is 0 Å². The van der Waals surface area contributed by atoms with Gasteiger partial charge in [-0.2, -0.15) is 0 Å². The Balaban J connectivity index is 1.83. The molecule has 0 spiro atoms. The predicted octanol–water partition coefficient (Wildman–Crippen LogP) is 1.02. The van der Waals surface area contributed by atoms with Gasteiger partial charge in [-0.3, -0.25) is 9.69 Å². The maximum absolute atomic E-state index is 10.6. The average Bonchev–Trinajstić information content (AvgIpc) is 3.04. The van der Waals surface area contributed by atoms with E-state index in [1.54, 1.807) is 0 Å². The Morgan fingerprint density at radius 3 is 2.31 bits per heavy atom. The molecule has 16 heavy (non-hydrogen) atoms. The maximum Gasteiger partial charge on any atom is 0.304 e. The van der Waals surface area contributed by atoms with Crippen molar-refractivity contribution in [2.24, 2.45) is 0 Å². The minimum Gasteiger partial charge on any atom is -0.481 e. The molecule has 0 radical (unpaired) electrons. The summed E-state index contributed by atoms with van der Waals surface area (Å²) in [6, 6.07) is 1.32. The lowest BCUT2D eigenvalue weighted by molar-refractivity contribution is -0.137. The van der Waals surface area contributed by atoms with Gasteiger partial charge in [0, 0.05) is 18.6 Å². The summed E-state index contributed by atoms with van der Waals surface area (Å²) in [5.74, 6) is -0.668. The third-order valence-corrected chi connectivity index (χ3v) is 3.76. The molecule has 0 unspecified atom stereocenters. The monoisotopic (exact) mass is 226 g/mol. The Morgan fingerprint density at radius 1 is 1.25 bits per heavy atom. The van der Waals surface area contributed by atoms with E-state index >= 15 is 0 Å². The molecule has 4 heteroatoms. The van der Waals surface area contributed by atoms with Gasteiger partial charge in [0.1, 0.15) is 0 Å². The highest BCUT2D eigenvalue weighted by Crippen LogP contribution is 2.31. The Labute approximate surface area is 97.2 Å². The third kappa shape index (κ3) is 3.19. The van der Waals surface area contributed by atoms with Gasteiger partial charge in [-0.15, -0.1) is 0 Å². The molecule has 1 heterocycles. The fraction of sp³-hybridized carbons (Fsp3) is 0.917. The van der Waals surface area contributed by atoms with Crippen molar-refractivity contribution in [2.45, 2.75) is 44.2 Å². The standard InChI is InChI=1S/C12H22N2O2/c1-13-7-4-11(5-8-13)14(10-2-3-10)9-6-12(15)16/h10-11H,2-9H2,1H3,(H,15,16). The van der Waals surface area contributed by atoms with Crippen LogP contribution in [0.2, 0.25) is 0 Å². The summed E-state index contributed by atoms with van der Waals surface area (Å²) in [4.78, 5) is 15.5. The highest BCUT2D eigenvalue weighted by atomic mass is 16.4. The van der Waals surface area contributed by atoms with Gasteiger partial charge in [0.2, 0.25) is 0 Å². The molecule has 92 valence electrons. The molecule has 2 aliphatic rings. The second-order valence-electron chi connectivity index (χ2n) is 5.15. The molecule has 1 N–H and O–H groups in total. The van der Waals surface area contributed by atoms with Crippen LogP contribution in [0.5, 0.6) is 0 Å². The highest BCUT2D eigenvalue weighted by molar-refractivity contribution is 5.66. The second kappa shape index (κ2) is 5.15. The zero-order valence-corrected chi connectivity index (χ0v) is 10.1. The van der Waals surface area contributed by atoms with Crippen LogP contribution in [0.1, 0.15) is 32.1 Å². The number of carboxylic acid groups (broad SMARTS) is 1. The molecular formula is C12H22N2O2. The van der Waals surface area contributed by atoms with E-state index in [0.717, 1.165) is 19.6 Å². The zero-order chi connectivity index (χ0) is 11.5. The van der Waals surface area contributed by atoms with Crippen LogP contribution in [0.15, 0.2) is 0 Å². The highest BCUT2D eigenvalue weighted by Gasteiger charge is 2.34. The molecule has 0 aromatic rings. The summed E-state index contributed by atoms with van der Waals surface area (Å²) in [6.07, 6.45) is 5.24. The minimum absolute atomic E-state index is 0.294. The number of piperidine rings is 1. The molecule has 2 rings (SSSR count). The Morgan fingerprint density at radius 2 is 1.81 bits per heavy atom. The van der Waals surface area contributed by atoms with Crippen molar-refractivity contribution in [3.8, 4) is 0 Å². The number of likely N-dealkylation sites (tertiary alicyclic amines) is 1. The number of hydrogen-bond acceptors (Lipinski definition) is 3. The summed E-state index contributed by atoms with van der Waals surface area (Å²) in [7, 11) is 2.16. The molecule has 0 aromatic carbocycles. The van der Waals surface area contributed by atoms with Gasteiger partial charge >= 0.3 is 5.97 Å². The molecule has 0 amide bonds. The normalized spacial score (nSPS) is 23.9. The first kappa shape index (κ1) is 11.9. The first-order valence-corrected chi connectivity index (χ1v) is 6.33. The maximum atomic E-state index is 10.6. The Kier molecular flexibility index (Phi) is 3.82. The summed E-state index contributed by atoms with van der Waals surface area (Å²) in [6.45, 7) is 3.05. The van der Waals surface area contributed by atoms with Crippen LogP contribution in [0.25, 0.3) is 0 Å². The largest absolute Gasteiger partial charge is 0.481 e. The van der Waals surface area contributed by atoms with Crippen molar-refractivity contribution in [1.29, 1.82) is 0 Å². The lowest BCUT2D eigenvalue weighted by Gasteiger charge is -2.37. The second-order valence-corrected chi connectivity index (χ2v) is 5.15. The van der Waals surface area contributed by atoms with Gasteiger partial charge in [-0.25, -0.2) is 0 Å². The molecule has 0 aromatic heterocycles. The van der Waals surface area contributed by atoms with Gasteiger partial charge in [0.05, 0.1) is 6.42 Å². The Bertz CT molecular complexity index is 245. The van der Waals surface area contributed by atoms with Crippen molar-refractivity contribution < 1.29 is 9.90 Å². The number of carboxylic acids is 1. The van der Waals surface area contributed by atoms with Gasteiger partial charge in [0.25, 0.3) is 0 Å². The number of hydrogen-bond donors (Lipinski definition) is 1. The van der Waals surface area contributed by atoms with Crippen LogP contribution >= 0.6 is 0 Å². The number of aliphatic carboxylic acids is 1. The molecule has 0 bridgehead atoms. The van der Waals surface area contributed by atoms with Gasteiger partial charge in [0.15, 0.2) is 0 Å². The smallest absolute Gasteiger partial charge is 0.304 e. The van der Waals surface area contributed by atoms with Crippen molar-refractivity contribution in [1.82, 2.24) is 9.80 Å². The predicted molar refractivity (Wildman–Crippen MR) is 62.5 cm³/mol. The topological polar surface area (TPSA) is 43.8 Å². The van der Waals surface area contributed by atoms with E-state index in [1.807, 2.05) is 0 Å². The van der Waals surface area contributed by atoms with Crippen molar-refractivity contribution >= 4 is 5.97 Å². The summed E-state index contributed by atoms with van der Waals surface area (Å²) < 4.78 is 0. The summed E-state index contributed by atoms with van der Waals surface area (Å²) in [5.41, 5.74) is 0. The quantitative estimate of drug-likeness (QED) is 0.760. The van der Waals surface area contributed by atoms with E-state index in [2.05, 4.69) is 16.8 Å². The Hall–Kier alpha value is -0.610.